The van der Waals surface area contributed by atoms with Gasteiger partial charge in [0.2, 0.25) is 0 Å². The Morgan fingerprint density at radius 2 is 2.11 bits per heavy atom. The molecule has 1 saturated heterocycles. The average Bonchev–Trinajstić information content (AvgIpc) is 2.36. The number of morpholine rings is 1. The molecule has 1 N–H and O–H groups in total. The number of carboxylic acid groups (broad SMARTS) is 1. The second kappa shape index (κ2) is 6.76. The summed E-state index contributed by atoms with van der Waals surface area (Å²) in [5, 5.41) is 8.90. The van der Waals surface area contributed by atoms with Crippen molar-refractivity contribution in [2.24, 2.45) is 0 Å². The molecule has 1 fully saturated rings. The molecule has 0 aliphatic carbocycles. The number of amides is 1. The average molecular weight is 257 g/mol. The Morgan fingerprint density at radius 3 is 2.68 bits per heavy atom. The minimum absolute atomic E-state index is 0. The monoisotopic (exact) mass is 257 g/mol. The molecule has 1 aromatic rings. The molecule has 1 amide bonds. The molecule has 19 heavy (non-hydrogen) atoms. The van der Waals surface area contributed by atoms with Crippen LogP contribution in [0.1, 0.15) is 20.0 Å². The first-order valence-electron chi connectivity index (χ1n) is 5.78. The molecule has 0 saturated carbocycles. The van der Waals surface area contributed by atoms with Crippen molar-refractivity contribution in [1.82, 2.24) is 4.90 Å². The van der Waals surface area contributed by atoms with Crippen LogP contribution in [0.15, 0.2) is 30.3 Å². The van der Waals surface area contributed by atoms with Gasteiger partial charge < -0.3 is 16.2 Å². The van der Waals surface area contributed by atoms with E-state index >= 15 is 0 Å². The van der Waals surface area contributed by atoms with Crippen molar-refractivity contribution in [2.75, 3.05) is 13.2 Å². The fourth-order valence-electron chi connectivity index (χ4n) is 2.07. The Bertz CT molecular complexity index is 457. The molecular formula is C13H16LiNO4. The normalized spacial score (nSPS) is 22.8. The molecule has 0 spiro atoms. The zero-order chi connectivity index (χ0) is 13.1. The number of ether oxygens (including phenoxy) is 1. The van der Waals surface area contributed by atoms with E-state index in [1.54, 1.807) is 6.92 Å². The van der Waals surface area contributed by atoms with Crippen LogP contribution in [0.5, 0.6) is 0 Å². The number of carbonyl (C=O) groups excluding carboxylic acids is 1. The third-order valence-corrected chi connectivity index (χ3v) is 3.00. The molecule has 1 aliphatic heterocycles. The van der Waals surface area contributed by atoms with Crippen molar-refractivity contribution in [3.05, 3.63) is 35.9 Å². The molecule has 1 aromatic carbocycles. The van der Waals surface area contributed by atoms with Crippen LogP contribution >= 0.6 is 0 Å². The topological polar surface area (TPSA) is 66.8 Å². The van der Waals surface area contributed by atoms with Crippen molar-refractivity contribution < 1.29 is 39.7 Å². The van der Waals surface area contributed by atoms with Crippen LogP contribution in [0.3, 0.4) is 0 Å². The van der Waals surface area contributed by atoms with E-state index in [1.807, 2.05) is 30.3 Å². The summed E-state index contributed by atoms with van der Waals surface area (Å²) < 4.78 is 5.38. The molecule has 6 heteroatoms. The minimum Gasteiger partial charge on any atom is -1.00 e. The van der Waals surface area contributed by atoms with E-state index in [0.29, 0.717) is 6.61 Å². The minimum atomic E-state index is -1.02. The summed E-state index contributed by atoms with van der Waals surface area (Å²) in [5.41, 5.74) is 0.888. The predicted octanol–water partition coefficient (Wildman–Crippen LogP) is -1.82. The first kappa shape index (κ1) is 15.8. The number of aliphatic carboxylic acids is 1. The van der Waals surface area contributed by atoms with Gasteiger partial charge in [-0.15, -0.1) is 0 Å². The summed E-state index contributed by atoms with van der Waals surface area (Å²) in [6, 6.07) is 9.00. The summed E-state index contributed by atoms with van der Waals surface area (Å²) in [6.45, 7) is 1.66. The van der Waals surface area contributed by atoms with E-state index in [2.05, 4.69) is 0 Å². The van der Waals surface area contributed by atoms with Gasteiger partial charge in [-0.05, 0) is 12.5 Å². The maximum atomic E-state index is 12.0. The van der Waals surface area contributed by atoms with Crippen LogP contribution in [-0.4, -0.2) is 41.1 Å². The Morgan fingerprint density at radius 1 is 1.47 bits per heavy atom. The molecule has 98 valence electrons. The zero-order valence-electron chi connectivity index (χ0n) is 12.1. The third-order valence-electron chi connectivity index (χ3n) is 3.00. The number of benzene rings is 1. The molecule has 0 bridgehead atoms. The molecule has 1 heterocycles. The SMILES string of the molecule is C[C@H]1OC[C@@H](c2ccccc2)N(CC(=O)O)C1=O.[H-].[Li+]. The fourth-order valence-corrected chi connectivity index (χ4v) is 2.07. The van der Waals surface area contributed by atoms with Gasteiger partial charge in [-0.1, -0.05) is 30.3 Å². The van der Waals surface area contributed by atoms with Gasteiger partial charge in [0.15, 0.2) is 0 Å². The van der Waals surface area contributed by atoms with Crippen molar-refractivity contribution in [1.29, 1.82) is 0 Å². The molecule has 0 radical (unpaired) electrons. The van der Waals surface area contributed by atoms with Crippen LogP contribution in [0, 0.1) is 0 Å². The maximum Gasteiger partial charge on any atom is 1.00 e. The summed E-state index contributed by atoms with van der Waals surface area (Å²) >= 11 is 0. The van der Waals surface area contributed by atoms with Gasteiger partial charge in [0.05, 0.1) is 12.6 Å². The van der Waals surface area contributed by atoms with E-state index in [0.717, 1.165) is 5.56 Å². The molecule has 2 atom stereocenters. The summed E-state index contributed by atoms with van der Waals surface area (Å²) in [5.74, 6) is -1.30. The van der Waals surface area contributed by atoms with Crippen molar-refractivity contribution in [3.63, 3.8) is 0 Å². The molecular weight excluding hydrogens is 241 g/mol. The smallest absolute Gasteiger partial charge is 1.00 e. The summed E-state index contributed by atoms with van der Waals surface area (Å²) in [7, 11) is 0. The number of rotatable bonds is 3. The predicted molar refractivity (Wildman–Crippen MR) is 65.1 cm³/mol. The van der Waals surface area contributed by atoms with E-state index in [-0.39, 0.29) is 38.8 Å². The van der Waals surface area contributed by atoms with Gasteiger partial charge >= 0.3 is 24.8 Å². The first-order chi connectivity index (χ1) is 8.59. The molecule has 2 rings (SSSR count). The fraction of sp³-hybridized carbons (Fsp3) is 0.385. The second-order valence-corrected chi connectivity index (χ2v) is 4.26. The van der Waals surface area contributed by atoms with Crippen LogP contribution in [0.25, 0.3) is 0 Å². The van der Waals surface area contributed by atoms with E-state index in [4.69, 9.17) is 9.84 Å². The van der Waals surface area contributed by atoms with Gasteiger partial charge in [-0.25, -0.2) is 0 Å². The standard InChI is InChI=1S/C13H15NO4.Li.H/c1-9-13(17)14(7-12(15)16)11(8-18-9)10-5-3-2-4-6-10;;/h2-6,9,11H,7-8H2,1H3,(H,15,16);;/q;+1;-1/t9-,11+;;/m1../s1. The van der Waals surface area contributed by atoms with Crippen molar-refractivity contribution in [3.8, 4) is 0 Å². The van der Waals surface area contributed by atoms with E-state index < -0.39 is 12.1 Å². The number of carboxylic acids is 1. The van der Waals surface area contributed by atoms with Crippen molar-refractivity contribution in [2.45, 2.75) is 19.1 Å². The zero-order valence-corrected chi connectivity index (χ0v) is 11.1. The van der Waals surface area contributed by atoms with E-state index in [9.17, 15) is 9.59 Å². The third kappa shape index (κ3) is 3.60. The quantitative estimate of drug-likeness (QED) is 0.647. The van der Waals surface area contributed by atoms with Gasteiger partial charge in [0.1, 0.15) is 12.6 Å². The van der Waals surface area contributed by atoms with Crippen LogP contribution < -0.4 is 18.9 Å². The van der Waals surface area contributed by atoms with Crippen molar-refractivity contribution >= 4 is 11.9 Å². The van der Waals surface area contributed by atoms with Gasteiger partial charge in [0, 0.05) is 0 Å². The summed E-state index contributed by atoms with van der Waals surface area (Å²) in [4.78, 5) is 24.2. The summed E-state index contributed by atoms with van der Waals surface area (Å²) in [6.07, 6.45) is -0.579. The maximum absolute atomic E-state index is 12.0. The molecule has 5 nitrogen and oxygen atoms in total. The van der Waals surface area contributed by atoms with Crippen LogP contribution in [0.4, 0.5) is 0 Å². The Hall–Kier alpha value is -1.28. The van der Waals surface area contributed by atoms with Crippen LogP contribution in [-0.2, 0) is 14.3 Å². The number of carbonyl (C=O) groups is 2. The van der Waals surface area contributed by atoms with Gasteiger partial charge in [0.25, 0.3) is 5.91 Å². The van der Waals surface area contributed by atoms with Gasteiger partial charge in [-0.3, -0.25) is 9.59 Å². The number of nitrogens with zero attached hydrogens (tertiary/aromatic N) is 1. The molecule has 1 aliphatic rings. The number of hydrogen-bond acceptors (Lipinski definition) is 3. The van der Waals surface area contributed by atoms with E-state index in [1.165, 1.54) is 4.90 Å². The molecule has 0 aromatic heterocycles. The Balaban J connectivity index is 0.00000180. The largest absolute Gasteiger partial charge is 1.00 e. The first-order valence-corrected chi connectivity index (χ1v) is 5.78. The Kier molecular flexibility index (Phi) is 5.61. The second-order valence-electron chi connectivity index (χ2n) is 4.26. The van der Waals surface area contributed by atoms with Gasteiger partial charge in [-0.2, -0.15) is 0 Å². The Labute approximate surface area is 125 Å². The van der Waals surface area contributed by atoms with Crippen LogP contribution in [0.2, 0.25) is 0 Å². The number of hydrogen-bond donors (Lipinski definition) is 1. The molecule has 0 unspecified atom stereocenters.